The van der Waals surface area contributed by atoms with Gasteiger partial charge in [0.15, 0.2) is 11.5 Å². The number of rotatable bonds is 6. The molecule has 174 valence electrons. The zero-order chi connectivity index (χ0) is 24.4. The molecule has 34 heavy (non-hydrogen) atoms. The van der Waals surface area contributed by atoms with E-state index in [1.54, 1.807) is 18.3 Å². The van der Waals surface area contributed by atoms with Crippen LogP contribution in [0.2, 0.25) is 5.02 Å². The number of pyridine rings is 1. The summed E-state index contributed by atoms with van der Waals surface area (Å²) in [6.45, 7) is 4.05. The highest BCUT2D eigenvalue weighted by Gasteiger charge is 2.20. The molecule has 1 N–H and O–H groups in total. The van der Waals surface area contributed by atoms with Crippen LogP contribution in [0.15, 0.2) is 54.7 Å². The summed E-state index contributed by atoms with van der Waals surface area (Å²) < 4.78 is 16.2. The fraction of sp³-hybridized carbons (Fsp3) is 0.185. The summed E-state index contributed by atoms with van der Waals surface area (Å²) in [5.41, 5.74) is 5.50. The lowest BCUT2D eigenvalue weighted by molar-refractivity contribution is 0.102. The minimum absolute atomic E-state index is 0.347. The SMILES string of the molecule is COc1cc(C(=O)Nc2cnc3c(C)cc(C)cc3c2-c2ccccc2Cl)cc(OC)c1OC. The van der Waals surface area contributed by atoms with Crippen molar-refractivity contribution >= 4 is 34.1 Å². The fourth-order valence-electron chi connectivity index (χ4n) is 4.12. The van der Waals surface area contributed by atoms with Crippen LogP contribution >= 0.6 is 11.6 Å². The Kier molecular flexibility index (Phi) is 6.61. The van der Waals surface area contributed by atoms with E-state index in [9.17, 15) is 4.79 Å². The van der Waals surface area contributed by atoms with Crippen molar-refractivity contribution in [2.24, 2.45) is 0 Å². The zero-order valence-electron chi connectivity index (χ0n) is 19.7. The summed E-state index contributed by atoms with van der Waals surface area (Å²) in [4.78, 5) is 18.0. The molecule has 3 aromatic carbocycles. The third-order valence-corrected chi connectivity index (χ3v) is 5.95. The molecule has 0 radical (unpaired) electrons. The lowest BCUT2D eigenvalue weighted by Gasteiger charge is -2.17. The minimum atomic E-state index is -0.349. The van der Waals surface area contributed by atoms with Gasteiger partial charge in [0.1, 0.15) is 0 Å². The molecule has 0 fully saturated rings. The Labute approximate surface area is 203 Å². The molecule has 6 nitrogen and oxygen atoms in total. The predicted molar refractivity (Wildman–Crippen MR) is 136 cm³/mol. The number of benzene rings is 3. The van der Waals surface area contributed by atoms with Gasteiger partial charge in [-0.05, 0) is 43.7 Å². The predicted octanol–water partition coefficient (Wildman–Crippen LogP) is 6.45. The van der Waals surface area contributed by atoms with Crippen LogP contribution in [0.5, 0.6) is 17.2 Å². The smallest absolute Gasteiger partial charge is 0.255 e. The number of aryl methyl sites for hydroxylation is 2. The van der Waals surface area contributed by atoms with E-state index >= 15 is 0 Å². The van der Waals surface area contributed by atoms with Gasteiger partial charge in [-0.2, -0.15) is 0 Å². The Balaban J connectivity index is 1.88. The maximum absolute atomic E-state index is 13.4. The summed E-state index contributed by atoms with van der Waals surface area (Å²) in [5.74, 6) is 0.845. The van der Waals surface area contributed by atoms with Gasteiger partial charge in [0.05, 0.1) is 38.7 Å². The lowest BCUT2D eigenvalue weighted by Crippen LogP contribution is -2.14. The van der Waals surface area contributed by atoms with Crippen molar-refractivity contribution in [3.8, 4) is 28.4 Å². The van der Waals surface area contributed by atoms with Gasteiger partial charge in [0, 0.05) is 27.1 Å². The first kappa shape index (κ1) is 23.4. The molecular weight excluding hydrogens is 452 g/mol. The van der Waals surface area contributed by atoms with Crippen molar-refractivity contribution in [1.29, 1.82) is 0 Å². The van der Waals surface area contributed by atoms with Gasteiger partial charge in [-0.15, -0.1) is 0 Å². The number of carbonyl (C=O) groups is 1. The normalized spacial score (nSPS) is 10.8. The van der Waals surface area contributed by atoms with Gasteiger partial charge in [0.2, 0.25) is 5.75 Å². The summed E-state index contributed by atoms with van der Waals surface area (Å²) in [7, 11) is 4.53. The Morgan fingerprint density at radius 2 is 1.62 bits per heavy atom. The van der Waals surface area contributed by atoms with Gasteiger partial charge in [0.25, 0.3) is 5.91 Å². The van der Waals surface area contributed by atoms with Crippen LogP contribution in [0.25, 0.3) is 22.0 Å². The molecule has 1 amide bonds. The van der Waals surface area contributed by atoms with Gasteiger partial charge in [-0.3, -0.25) is 9.78 Å². The largest absolute Gasteiger partial charge is 0.493 e. The Morgan fingerprint density at radius 1 is 0.941 bits per heavy atom. The fourth-order valence-corrected chi connectivity index (χ4v) is 4.35. The maximum atomic E-state index is 13.4. The number of aromatic nitrogens is 1. The number of nitrogens with one attached hydrogen (secondary N) is 1. The Morgan fingerprint density at radius 3 is 2.24 bits per heavy atom. The van der Waals surface area contributed by atoms with Crippen molar-refractivity contribution < 1.29 is 19.0 Å². The quantitative estimate of drug-likeness (QED) is 0.346. The highest BCUT2D eigenvalue weighted by molar-refractivity contribution is 6.34. The van der Waals surface area contributed by atoms with Crippen molar-refractivity contribution in [2.45, 2.75) is 13.8 Å². The molecule has 0 spiro atoms. The van der Waals surface area contributed by atoms with E-state index in [0.717, 1.165) is 33.2 Å². The Bertz CT molecular complexity index is 1380. The molecule has 0 unspecified atom stereocenters. The number of amides is 1. The van der Waals surface area contributed by atoms with Crippen LogP contribution in [0, 0.1) is 13.8 Å². The second-order valence-corrected chi connectivity index (χ2v) is 8.28. The number of fused-ring (bicyclic) bond motifs is 1. The van der Waals surface area contributed by atoms with Crippen molar-refractivity contribution in [2.75, 3.05) is 26.6 Å². The molecule has 0 aliphatic heterocycles. The average molecular weight is 477 g/mol. The highest BCUT2D eigenvalue weighted by atomic mass is 35.5. The number of carbonyl (C=O) groups excluding carboxylic acids is 1. The average Bonchev–Trinajstić information content (AvgIpc) is 2.83. The van der Waals surface area contributed by atoms with Crippen LogP contribution in [-0.4, -0.2) is 32.2 Å². The van der Waals surface area contributed by atoms with Crippen LogP contribution in [-0.2, 0) is 0 Å². The van der Waals surface area contributed by atoms with E-state index in [1.807, 2.05) is 38.1 Å². The first-order valence-electron chi connectivity index (χ1n) is 10.6. The van der Waals surface area contributed by atoms with Gasteiger partial charge in [-0.25, -0.2) is 0 Å². The van der Waals surface area contributed by atoms with Gasteiger partial charge in [-0.1, -0.05) is 41.4 Å². The summed E-state index contributed by atoms with van der Waals surface area (Å²) in [6.07, 6.45) is 1.67. The standard InChI is InChI=1S/C27H25ClN2O4/c1-15-10-16(2)25-19(11-15)24(18-8-6-7-9-20(18)28)21(14-29-25)30-27(31)17-12-22(32-3)26(34-5)23(13-17)33-4/h6-14H,1-5H3,(H,30,31). The number of hydrogen-bond acceptors (Lipinski definition) is 5. The number of ether oxygens (including phenoxy) is 3. The summed E-state index contributed by atoms with van der Waals surface area (Å²) >= 11 is 6.60. The topological polar surface area (TPSA) is 69.7 Å². The van der Waals surface area contributed by atoms with Crippen molar-refractivity contribution in [3.63, 3.8) is 0 Å². The van der Waals surface area contributed by atoms with Crippen molar-refractivity contribution in [1.82, 2.24) is 4.98 Å². The molecule has 0 saturated heterocycles. The number of methoxy groups -OCH3 is 3. The van der Waals surface area contributed by atoms with E-state index in [0.29, 0.717) is 33.5 Å². The number of halogens is 1. The number of anilines is 1. The van der Waals surface area contributed by atoms with Crippen LogP contribution < -0.4 is 19.5 Å². The van der Waals surface area contributed by atoms with Crippen LogP contribution in [0.1, 0.15) is 21.5 Å². The third-order valence-electron chi connectivity index (χ3n) is 5.62. The van der Waals surface area contributed by atoms with E-state index in [-0.39, 0.29) is 5.91 Å². The second kappa shape index (κ2) is 9.61. The van der Waals surface area contributed by atoms with Crippen molar-refractivity contribution in [3.05, 3.63) is 76.4 Å². The van der Waals surface area contributed by atoms with Gasteiger partial charge < -0.3 is 19.5 Å². The first-order valence-corrected chi connectivity index (χ1v) is 11.0. The van der Waals surface area contributed by atoms with E-state index in [1.165, 1.54) is 21.3 Å². The lowest BCUT2D eigenvalue weighted by atomic mass is 9.96. The molecule has 0 saturated carbocycles. The van der Waals surface area contributed by atoms with E-state index in [2.05, 4.69) is 22.4 Å². The van der Waals surface area contributed by atoms with Crippen LogP contribution in [0.3, 0.4) is 0 Å². The highest BCUT2D eigenvalue weighted by Crippen LogP contribution is 2.41. The Hall–Kier alpha value is -3.77. The molecule has 0 aliphatic carbocycles. The van der Waals surface area contributed by atoms with E-state index < -0.39 is 0 Å². The van der Waals surface area contributed by atoms with Gasteiger partial charge >= 0.3 is 0 Å². The minimum Gasteiger partial charge on any atom is -0.493 e. The molecule has 1 aromatic heterocycles. The number of hydrogen-bond donors (Lipinski definition) is 1. The van der Waals surface area contributed by atoms with Crippen LogP contribution in [0.4, 0.5) is 5.69 Å². The molecular formula is C27H25ClN2O4. The molecule has 1 heterocycles. The molecule has 4 aromatic rings. The molecule has 0 aliphatic rings. The summed E-state index contributed by atoms with van der Waals surface area (Å²) in [6, 6.07) is 14.9. The number of nitrogens with zero attached hydrogens (tertiary/aromatic N) is 1. The summed E-state index contributed by atoms with van der Waals surface area (Å²) in [5, 5.41) is 4.50. The maximum Gasteiger partial charge on any atom is 0.255 e. The molecule has 7 heteroatoms. The molecule has 0 atom stereocenters. The monoisotopic (exact) mass is 476 g/mol. The zero-order valence-corrected chi connectivity index (χ0v) is 20.4. The first-order chi connectivity index (χ1) is 16.4. The molecule has 0 bridgehead atoms. The molecule has 4 rings (SSSR count). The van der Waals surface area contributed by atoms with E-state index in [4.69, 9.17) is 25.8 Å². The second-order valence-electron chi connectivity index (χ2n) is 7.87. The third kappa shape index (κ3) is 4.24.